The second kappa shape index (κ2) is 14.4. The summed E-state index contributed by atoms with van der Waals surface area (Å²) in [6.07, 6.45) is 3.34. The monoisotopic (exact) mass is 470 g/mol. The standard InChI is InChI=1S/C24H34N2O3.2ClH/c1-27-22-12-11-21(23(28-2)24(22)29-3)13-15-26-18-16-25(17-19-26)14-7-10-20-8-5-4-6-9-20;;/h4-6,8-9,11-12H,7,10,13-19H2,1-3H3;2*1H. The molecule has 1 heterocycles. The van der Waals surface area contributed by atoms with Crippen LogP contribution in [-0.2, 0) is 12.8 Å². The third-order valence-electron chi connectivity index (χ3n) is 5.73. The van der Waals surface area contributed by atoms with Gasteiger partial charge in [-0.1, -0.05) is 36.4 Å². The Morgan fingerprint density at radius 1 is 0.677 bits per heavy atom. The smallest absolute Gasteiger partial charge is 0.203 e. The number of ether oxygens (including phenoxy) is 3. The van der Waals surface area contributed by atoms with E-state index in [4.69, 9.17) is 14.2 Å². The minimum absolute atomic E-state index is 0. The fourth-order valence-corrected chi connectivity index (χ4v) is 4.03. The fraction of sp³-hybridized carbons (Fsp3) is 0.500. The summed E-state index contributed by atoms with van der Waals surface area (Å²) in [6, 6.07) is 14.8. The normalized spacial score (nSPS) is 14.3. The van der Waals surface area contributed by atoms with Crippen molar-refractivity contribution in [2.24, 2.45) is 0 Å². The van der Waals surface area contributed by atoms with Gasteiger partial charge in [0.15, 0.2) is 11.5 Å². The summed E-state index contributed by atoms with van der Waals surface area (Å²) in [7, 11) is 4.99. The number of hydrogen-bond acceptors (Lipinski definition) is 5. The number of halogens is 2. The van der Waals surface area contributed by atoms with Gasteiger partial charge in [-0.2, -0.15) is 0 Å². The van der Waals surface area contributed by atoms with E-state index in [1.165, 1.54) is 24.9 Å². The SMILES string of the molecule is COc1ccc(CCN2CCN(CCCc3ccccc3)CC2)c(OC)c1OC.Cl.Cl. The van der Waals surface area contributed by atoms with E-state index in [0.29, 0.717) is 11.5 Å². The van der Waals surface area contributed by atoms with Crippen molar-refractivity contribution in [3.8, 4) is 17.2 Å². The molecule has 0 saturated carbocycles. The predicted molar refractivity (Wildman–Crippen MR) is 132 cm³/mol. The second-order valence-electron chi connectivity index (χ2n) is 7.52. The largest absolute Gasteiger partial charge is 0.493 e. The molecule has 3 rings (SSSR count). The lowest BCUT2D eigenvalue weighted by Crippen LogP contribution is -2.47. The highest BCUT2D eigenvalue weighted by Gasteiger charge is 2.19. The summed E-state index contributed by atoms with van der Waals surface area (Å²) in [5.74, 6) is 2.17. The number of nitrogens with zero attached hydrogens (tertiary/aromatic N) is 2. The first-order valence-electron chi connectivity index (χ1n) is 10.5. The first-order valence-corrected chi connectivity index (χ1v) is 10.5. The summed E-state index contributed by atoms with van der Waals surface area (Å²) in [6.45, 7) is 6.77. The zero-order chi connectivity index (χ0) is 20.5. The summed E-state index contributed by atoms with van der Waals surface area (Å²) < 4.78 is 16.5. The topological polar surface area (TPSA) is 34.2 Å². The van der Waals surface area contributed by atoms with Gasteiger partial charge in [-0.05, 0) is 43.0 Å². The van der Waals surface area contributed by atoms with Crippen molar-refractivity contribution in [2.45, 2.75) is 19.3 Å². The first kappa shape index (κ1) is 27.4. The summed E-state index contributed by atoms with van der Waals surface area (Å²) in [5.41, 5.74) is 2.60. The molecule has 1 aliphatic rings. The highest BCUT2D eigenvalue weighted by Crippen LogP contribution is 2.39. The van der Waals surface area contributed by atoms with Crippen LogP contribution in [0, 0.1) is 0 Å². The zero-order valence-electron chi connectivity index (χ0n) is 18.8. The van der Waals surface area contributed by atoms with Gasteiger partial charge in [-0.25, -0.2) is 0 Å². The van der Waals surface area contributed by atoms with Gasteiger partial charge in [-0.3, -0.25) is 0 Å². The molecule has 0 aromatic heterocycles. The van der Waals surface area contributed by atoms with Crippen LogP contribution < -0.4 is 14.2 Å². The minimum atomic E-state index is 0. The van der Waals surface area contributed by atoms with Gasteiger partial charge >= 0.3 is 0 Å². The van der Waals surface area contributed by atoms with E-state index in [-0.39, 0.29) is 24.8 Å². The minimum Gasteiger partial charge on any atom is -0.493 e. The third kappa shape index (κ3) is 7.76. The van der Waals surface area contributed by atoms with Gasteiger partial charge in [0.25, 0.3) is 0 Å². The Labute approximate surface area is 199 Å². The van der Waals surface area contributed by atoms with Crippen molar-refractivity contribution < 1.29 is 14.2 Å². The average molecular weight is 471 g/mol. The lowest BCUT2D eigenvalue weighted by Gasteiger charge is -2.34. The molecule has 0 N–H and O–H groups in total. The summed E-state index contributed by atoms with van der Waals surface area (Å²) >= 11 is 0. The van der Waals surface area contributed by atoms with Gasteiger partial charge < -0.3 is 24.0 Å². The Hall–Kier alpha value is -1.66. The molecule has 0 atom stereocenters. The fourth-order valence-electron chi connectivity index (χ4n) is 4.03. The van der Waals surface area contributed by atoms with Crippen molar-refractivity contribution in [3.05, 3.63) is 53.6 Å². The molecule has 2 aromatic carbocycles. The molecule has 5 nitrogen and oxygen atoms in total. The number of rotatable bonds is 10. The van der Waals surface area contributed by atoms with Crippen molar-refractivity contribution in [1.29, 1.82) is 0 Å². The molecular weight excluding hydrogens is 435 g/mol. The summed E-state index contributed by atoms with van der Waals surface area (Å²) in [4.78, 5) is 5.14. The molecule has 0 radical (unpaired) electrons. The number of benzene rings is 2. The molecule has 0 bridgehead atoms. The number of hydrogen-bond donors (Lipinski definition) is 0. The van der Waals surface area contributed by atoms with Crippen molar-refractivity contribution in [1.82, 2.24) is 9.80 Å². The quantitative estimate of drug-likeness (QED) is 0.515. The van der Waals surface area contributed by atoms with Gasteiger partial charge in [0.2, 0.25) is 5.75 Å². The van der Waals surface area contributed by atoms with E-state index >= 15 is 0 Å². The zero-order valence-corrected chi connectivity index (χ0v) is 20.5. The molecular formula is C24H36Cl2N2O3. The maximum absolute atomic E-state index is 5.62. The van der Waals surface area contributed by atoms with Crippen LogP contribution >= 0.6 is 24.8 Å². The van der Waals surface area contributed by atoms with Crippen LogP contribution in [0.4, 0.5) is 0 Å². The van der Waals surface area contributed by atoms with Gasteiger partial charge in [0.05, 0.1) is 21.3 Å². The van der Waals surface area contributed by atoms with E-state index in [2.05, 4.69) is 46.2 Å². The second-order valence-corrected chi connectivity index (χ2v) is 7.52. The lowest BCUT2D eigenvalue weighted by molar-refractivity contribution is 0.132. The highest BCUT2D eigenvalue weighted by molar-refractivity contribution is 5.85. The Balaban J connectivity index is 0.00000240. The maximum atomic E-state index is 5.62. The van der Waals surface area contributed by atoms with Crippen molar-refractivity contribution in [2.75, 3.05) is 60.6 Å². The van der Waals surface area contributed by atoms with Crippen LogP contribution in [0.1, 0.15) is 17.5 Å². The molecule has 0 amide bonds. The Kier molecular flexibility index (Phi) is 12.7. The van der Waals surface area contributed by atoms with E-state index < -0.39 is 0 Å². The van der Waals surface area contributed by atoms with Crippen molar-refractivity contribution in [3.63, 3.8) is 0 Å². The van der Waals surface area contributed by atoms with Crippen LogP contribution in [0.15, 0.2) is 42.5 Å². The Bertz CT molecular complexity index is 754. The molecule has 0 spiro atoms. The van der Waals surface area contributed by atoms with Crippen LogP contribution in [-0.4, -0.2) is 70.4 Å². The first-order chi connectivity index (χ1) is 14.2. The van der Waals surface area contributed by atoms with E-state index in [9.17, 15) is 0 Å². The Morgan fingerprint density at radius 3 is 1.87 bits per heavy atom. The third-order valence-corrected chi connectivity index (χ3v) is 5.73. The van der Waals surface area contributed by atoms with Crippen LogP contribution in [0.3, 0.4) is 0 Å². The number of aryl methyl sites for hydroxylation is 1. The number of methoxy groups -OCH3 is 3. The molecule has 7 heteroatoms. The maximum Gasteiger partial charge on any atom is 0.203 e. The molecule has 1 fully saturated rings. The Morgan fingerprint density at radius 2 is 1.29 bits per heavy atom. The van der Waals surface area contributed by atoms with Crippen LogP contribution in [0.25, 0.3) is 0 Å². The average Bonchev–Trinajstić information content (AvgIpc) is 2.78. The summed E-state index contributed by atoms with van der Waals surface area (Å²) in [5, 5.41) is 0. The molecule has 1 saturated heterocycles. The van der Waals surface area contributed by atoms with Gasteiger partial charge in [0.1, 0.15) is 0 Å². The van der Waals surface area contributed by atoms with E-state index in [0.717, 1.165) is 50.5 Å². The lowest BCUT2D eigenvalue weighted by atomic mass is 10.1. The van der Waals surface area contributed by atoms with Crippen LogP contribution in [0.5, 0.6) is 17.2 Å². The molecule has 2 aromatic rings. The van der Waals surface area contributed by atoms with Crippen molar-refractivity contribution >= 4 is 24.8 Å². The van der Waals surface area contributed by atoms with Gasteiger partial charge in [0, 0.05) is 32.7 Å². The molecule has 0 unspecified atom stereocenters. The predicted octanol–water partition coefficient (Wildman–Crippen LogP) is 4.35. The molecule has 31 heavy (non-hydrogen) atoms. The number of piperazine rings is 1. The molecule has 174 valence electrons. The van der Waals surface area contributed by atoms with Crippen LogP contribution in [0.2, 0.25) is 0 Å². The van der Waals surface area contributed by atoms with Gasteiger partial charge in [-0.15, -0.1) is 24.8 Å². The molecule has 0 aliphatic carbocycles. The molecule has 1 aliphatic heterocycles. The van der Waals surface area contributed by atoms with E-state index in [1.54, 1.807) is 21.3 Å². The highest BCUT2D eigenvalue weighted by atomic mass is 35.5. The van der Waals surface area contributed by atoms with E-state index in [1.807, 2.05) is 6.07 Å².